The first-order valence-electron chi connectivity index (χ1n) is 6.82. The van der Waals surface area contributed by atoms with Gasteiger partial charge in [-0.25, -0.2) is 0 Å². The minimum Gasteiger partial charge on any atom is -0.486 e. The van der Waals surface area contributed by atoms with Gasteiger partial charge in [-0.1, -0.05) is 6.92 Å². The van der Waals surface area contributed by atoms with Crippen LogP contribution in [0.4, 0.5) is 5.69 Å². The molecule has 1 aliphatic heterocycles. The summed E-state index contributed by atoms with van der Waals surface area (Å²) in [6, 6.07) is 2.82. The molecule has 0 saturated heterocycles. The number of esters is 1. The monoisotopic (exact) mass is 295 g/mol. The number of nitrogens with zero attached hydrogens (tertiary/aromatic N) is 1. The van der Waals surface area contributed by atoms with Crippen LogP contribution in [0.5, 0.6) is 11.5 Å². The topological polar surface area (TPSA) is 87.9 Å². The van der Waals surface area contributed by atoms with Crippen LogP contribution in [0.3, 0.4) is 0 Å². The van der Waals surface area contributed by atoms with Gasteiger partial charge in [0.25, 0.3) is 5.69 Å². The highest BCUT2D eigenvalue weighted by molar-refractivity contribution is 5.76. The van der Waals surface area contributed by atoms with Crippen LogP contribution >= 0.6 is 0 Å². The van der Waals surface area contributed by atoms with E-state index in [0.29, 0.717) is 18.8 Å². The molecule has 0 aromatic heterocycles. The van der Waals surface area contributed by atoms with Gasteiger partial charge in [0.1, 0.15) is 12.7 Å². The van der Waals surface area contributed by atoms with Gasteiger partial charge in [-0.2, -0.15) is 0 Å². The van der Waals surface area contributed by atoms with Crippen molar-refractivity contribution < 1.29 is 23.9 Å². The molecule has 114 valence electrons. The quantitative estimate of drug-likeness (QED) is 0.470. The van der Waals surface area contributed by atoms with E-state index in [9.17, 15) is 14.9 Å². The van der Waals surface area contributed by atoms with Crippen molar-refractivity contribution in [3.63, 3.8) is 0 Å². The van der Waals surface area contributed by atoms with E-state index < -0.39 is 10.9 Å². The van der Waals surface area contributed by atoms with Crippen LogP contribution in [0.1, 0.15) is 25.8 Å². The zero-order valence-electron chi connectivity index (χ0n) is 12.0. The lowest BCUT2D eigenvalue weighted by Gasteiger charge is -2.27. The van der Waals surface area contributed by atoms with Gasteiger partial charge < -0.3 is 14.2 Å². The molecule has 0 spiro atoms. The summed E-state index contributed by atoms with van der Waals surface area (Å²) in [5.74, 6) is 0.163. The number of benzene rings is 1. The van der Waals surface area contributed by atoms with E-state index in [-0.39, 0.29) is 36.1 Å². The van der Waals surface area contributed by atoms with E-state index in [1.54, 1.807) is 6.92 Å². The summed E-state index contributed by atoms with van der Waals surface area (Å²) in [7, 11) is 0. The Morgan fingerprint density at radius 2 is 2.24 bits per heavy atom. The molecule has 0 aliphatic carbocycles. The number of hydrogen-bond acceptors (Lipinski definition) is 6. The van der Waals surface area contributed by atoms with E-state index in [4.69, 9.17) is 14.2 Å². The van der Waals surface area contributed by atoms with E-state index in [1.165, 1.54) is 12.1 Å². The molecular weight excluding hydrogens is 278 g/mol. The minimum absolute atomic E-state index is 0.165. The highest BCUT2D eigenvalue weighted by Crippen LogP contribution is 2.41. The molecule has 0 N–H and O–H groups in total. The van der Waals surface area contributed by atoms with Crippen molar-refractivity contribution in [1.82, 2.24) is 0 Å². The van der Waals surface area contributed by atoms with Gasteiger partial charge in [0.2, 0.25) is 0 Å². The molecule has 0 radical (unpaired) electrons. The average Bonchev–Trinajstić information content (AvgIpc) is 2.47. The number of nitro groups is 1. The molecule has 0 fully saturated rings. The second-order valence-electron chi connectivity index (χ2n) is 4.59. The van der Waals surface area contributed by atoms with Gasteiger partial charge in [-0.3, -0.25) is 14.9 Å². The Morgan fingerprint density at radius 1 is 1.48 bits per heavy atom. The van der Waals surface area contributed by atoms with Gasteiger partial charge in [0.15, 0.2) is 11.5 Å². The maximum absolute atomic E-state index is 11.7. The molecule has 0 bridgehead atoms. The second kappa shape index (κ2) is 6.43. The normalized spacial score (nSPS) is 16.4. The highest BCUT2D eigenvalue weighted by Gasteiger charge is 2.30. The lowest BCUT2D eigenvalue weighted by atomic mass is 10.1. The number of nitro benzene ring substituents is 1. The standard InChI is InChI=1S/C14H17NO6/c1-3-9-8-20-12-6-5-11(15(17)18)10(14(12)21-9)7-13(16)19-4-2/h5-6,9H,3-4,7-8H2,1-2H3. The van der Waals surface area contributed by atoms with E-state index >= 15 is 0 Å². The molecule has 1 aliphatic rings. The van der Waals surface area contributed by atoms with Gasteiger partial charge in [-0.15, -0.1) is 0 Å². The SMILES string of the molecule is CCOC(=O)Cc1c([N+](=O)[O-])ccc2c1OC(CC)CO2. The molecule has 2 rings (SSSR count). The summed E-state index contributed by atoms with van der Waals surface area (Å²) < 4.78 is 16.2. The van der Waals surface area contributed by atoms with Crippen molar-refractivity contribution in [2.75, 3.05) is 13.2 Å². The van der Waals surface area contributed by atoms with Crippen molar-refractivity contribution in [2.24, 2.45) is 0 Å². The Balaban J connectivity index is 2.42. The number of hydrogen-bond donors (Lipinski definition) is 0. The Kier molecular flexibility index (Phi) is 4.62. The van der Waals surface area contributed by atoms with Crippen LogP contribution in [0.25, 0.3) is 0 Å². The molecular formula is C14H17NO6. The molecule has 0 amide bonds. The number of carbonyl (C=O) groups excluding carboxylic acids is 1. The smallest absolute Gasteiger partial charge is 0.310 e. The summed E-state index contributed by atoms with van der Waals surface area (Å²) in [5.41, 5.74) is 0.0382. The number of carbonyl (C=O) groups is 1. The van der Waals surface area contributed by atoms with Crippen molar-refractivity contribution in [2.45, 2.75) is 32.8 Å². The summed E-state index contributed by atoms with van der Waals surface area (Å²) in [5, 5.41) is 11.2. The minimum atomic E-state index is -0.534. The fraction of sp³-hybridized carbons (Fsp3) is 0.500. The van der Waals surface area contributed by atoms with Crippen LogP contribution in [0, 0.1) is 10.1 Å². The van der Waals surface area contributed by atoms with Crippen molar-refractivity contribution in [1.29, 1.82) is 0 Å². The van der Waals surface area contributed by atoms with Crippen molar-refractivity contribution >= 4 is 11.7 Å². The zero-order valence-corrected chi connectivity index (χ0v) is 12.0. The number of rotatable bonds is 5. The first kappa shape index (κ1) is 15.1. The van der Waals surface area contributed by atoms with Crippen molar-refractivity contribution in [3.05, 3.63) is 27.8 Å². The predicted molar refractivity (Wildman–Crippen MR) is 73.6 cm³/mol. The van der Waals surface area contributed by atoms with Gasteiger partial charge in [0, 0.05) is 6.07 Å². The molecule has 1 heterocycles. The van der Waals surface area contributed by atoms with Crippen molar-refractivity contribution in [3.8, 4) is 11.5 Å². The van der Waals surface area contributed by atoms with E-state index in [2.05, 4.69) is 0 Å². The zero-order chi connectivity index (χ0) is 15.4. The number of ether oxygens (including phenoxy) is 3. The predicted octanol–water partition coefficient (Wildman–Crippen LogP) is 2.25. The summed E-state index contributed by atoms with van der Waals surface area (Å²) in [4.78, 5) is 22.3. The first-order valence-corrected chi connectivity index (χ1v) is 6.82. The van der Waals surface area contributed by atoms with Crippen LogP contribution in [0.15, 0.2) is 12.1 Å². The second-order valence-corrected chi connectivity index (χ2v) is 4.59. The summed E-state index contributed by atoms with van der Waals surface area (Å²) >= 11 is 0. The third-order valence-electron chi connectivity index (χ3n) is 3.19. The van der Waals surface area contributed by atoms with Gasteiger partial charge in [-0.05, 0) is 19.4 Å². The fourth-order valence-electron chi connectivity index (χ4n) is 2.12. The third kappa shape index (κ3) is 3.24. The molecule has 0 saturated carbocycles. The Morgan fingerprint density at radius 3 is 2.86 bits per heavy atom. The molecule has 1 aromatic carbocycles. The molecule has 7 nitrogen and oxygen atoms in total. The lowest BCUT2D eigenvalue weighted by molar-refractivity contribution is -0.385. The molecule has 7 heteroatoms. The third-order valence-corrected chi connectivity index (χ3v) is 3.19. The van der Waals surface area contributed by atoms with E-state index in [0.717, 1.165) is 0 Å². The van der Waals surface area contributed by atoms with Crippen LogP contribution in [-0.4, -0.2) is 30.2 Å². The lowest BCUT2D eigenvalue weighted by Crippen LogP contribution is -2.29. The summed E-state index contributed by atoms with van der Waals surface area (Å²) in [6.45, 7) is 4.22. The van der Waals surface area contributed by atoms with Crippen LogP contribution in [-0.2, 0) is 16.0 Å². The van der Waals surface area contributed by atoms with Gasteiger partial charge >= 0.3 is 5.97 Å². The molecule has 1 atom stereocenters. The Labute approximate surface area is 122 Å². The largest absolute Gasteiger partial charge is 0.486 e. The molecule has 1 unspecified atom stereocenters. The summed E-state index contributed by atoms with van der Waals surface area (Å²) in [6.07, 6.45) is 0.314. The Bertz CT molecular complexity index is 557. The van der Waals surface area contributed by atoms with Crippen LogP contribution in [0.2, 0.25) is 0 Å². The maximum atomic E-state index is 11.7. The molecule has 21 heavy (non-hydrogen) atoms. The number of fused-ring (bicyclic) bond motifs is 1. The first-order chi connectivity index (χ1) is 10.1. The van der Waals surface area contributed by atoms with E-state index in [1.807, 2.05) is 6.92 Å². The fourth-order valence-corrected chi connectivity index (χ4v) is 2.12. The Hall–Kier alpha value is -2.31. The van der Waals surface area contributed by atoms with Crippen LogP contribution < -0.4 is 9.47 Å². The van der Waals surface area contributed by atoms with Gasteiger partial charge in [0.05, 0.1) is 23.5 Å². The molecule has 1 aromatic rings. The average molecular weight is 295 g/mol. The highest BCUT2D eigenvalue weighted by atomic mass is 16.6. The maximum Gasteiger partial charge on any atom is 0.310 e.